The van der Waals surface area contributed by atoms with E-state index in [9.17, 15) is 14.4 Å². The van der Waals surface area contributed by atoms with Crippen molar-refractivity contribution in [3.8, 4) is 0 Å². The van der Waals surface area contributed by atoms with Crippen LogP contribution in [0, 0.1) is 0 Å². The van der Waals surface area contributed by atoms with E-state index in [1.54, 1.807) is 0 Å². The maximum Gasteiger partial charge on any atom is 0.330 e. The molecule has 0 aromatic rings. The third kappa shape index (κ3) is 20.8. The molecule has 0 saturated carbocycles. The number of ether oxygens (including phenoxy) is 2. The van der Waals surface area contributed by atoms with E-state index in [-0.39, 0.29) is 12.8 Å². The molecule has 0 aliphatic carbocycles. The number of esters is 3. The monoisotopic (exact) mass is 470 g/mol. The fraction of sp³-hybridized carbons (Fsp3) is 0.885. The highest BCUT2D eigenvalue weighted by molar-refractivity contribution is 5.88. The van der Waals surface area contributed by atoms with Crippen LogP contribution in [0.25, 0.3) is 0 Å². The summed E-state index contributed by atoms with van der Waals surface area (Å²) in [6, 6.07) is -1.77. The number of carbonyl (C=O) groups excluding carboxylic acids is 3. The van der Waals surface area contributed by atoms with Crippen LogP contribution in [0.5, 0.6) is 0 Å². The van der Waals surface area contributed by atoms with Crippen molar-refractivity contribution in [2.45, 2.75) is 142 Å². The van der Waals surface area contributed by atoms with Gasteiger partial charge in [-0.25, -0.2) is 4.79 Å². The van der Waals surface area contributed by atoms with Crippen molar-refractivity contribution in [3.05, 3.63) is 0 Å². The molecule has 0 amide bonds. The van der Waals surface area contributed by atoms with Gasteiger partial charge in [0.1, 0.15) is 12.1 Å². The van der Waals surface area contributed by atoms with Gasteiger partial charge in [-0.2, -0.15) is 0 Å². The topological polar surface area (TPSA) is 122 Å². The van der Waals surface area contributed by atoms with Crippen LogP contribution in [0.15, 0.2) is 0 Å². The van der Waals surface area contributed by atoms with Crippen LogP contribution < -0.4 is 11.5 Å². The number of hydrogen-bond donors (Lipinski definition) is 2. The highest BCUT2D eigenvalue weighted by Gasteiger charge is 2.19. The Bertz CT molecular complexity index is 511. The zero-order valence-electron chi connectivity index (χ0n) is 21.3. The van der Waals surface area contributed by atoms with Crippen molar-refractivity contribution in [1.29, 1.82) is 0 Å². The lowest BCUT2D eigenvalue weighted by atomic mass is 10.0. The lowest BCUT2D eigenvalue weighted by molar-refractivity contribution is -0.160. The van der Waals surface area contributed by atoms with Crippen LogP contribution in [0.1, 0.15) is 129 Å². The lowest BCUT2D eigenvalue weighted by Crippen LogP contribution is -2.34. The standard InChI is InChI=1S/C26H50N2O5/c1-3-4-5-6-7-8-9-10-11-12-13-14-15-16-17-18-21-32-26(31)23(28)19-20-24(29)33-25(30)22(2)27/h22-23H,3-21,27-28H2,1-2H3/t22-,23+/m0/s1. The highest BCUT2D eigenvalue weighted by atomic mass is 16.6. The van der Waals surface area contributed by atoms with E-state index < -0.39 is 30.0 Å². The van der Waals surface area contributed by atoms with E-state index in [1.807, 2.05) is 0 Å². The maximum absolute atomic E-state index is 11.9. The second kappa shape index (κ2) is 22.3. The minimum absolute atomic E-state index is 0.0723. The Morgan fingerprint density at radius 3 is 1.52 bits per heavy atom. The van der Waals surface area contributed by atoms with Crippen molar-refractivity contribution in [3.63, 3.8) is 0 Å². The quantitative estimate of drug-likeness (QED) is 0.125. The van der Waals surface area contributed by atoms with Gasteiger partial charge in [0.15, 0.2) is 0 Å². The first-order valence-corrected chi connectivity index (χ1v) is 13.3. The molecular weight excluding hydrogens is 420 g/mol. The summed E-state index contributed by atoms with van der Waals surface area (Å²) in [6.07, 6.45) is 20.6. The van der Waals surface area contributed by atoms with Gasteiger partial charge in [-0.05, 0) is 19.8 Å². The Balaban J connectivity index is 3.42. The molecule has 0 radical (unpaired) electrons. The van der Waals surface area contributed by atoms with Gasteiger partial charge in [0.25, 0.3) is 0 Å². The molecule has 0 heterocycles. The van der Waals surface area contributed by atoms with Gasteiger partial charge in [-0.15, -0.1) is 0 Å². The van der Waals surface area contributed by atoms with Gasteiger partial charge in [0.05, 0.1) is 6.61 Å². The molecule has 0 aromatic carbocycles. The smallest absolute Gasteiger partial charge is 0.330 e. The average Bonchev–Trinajstić information content (AvgIpc) is 2.79. The van der Waals surface area contributed by atoms with Crippen LogP contribution in [-0.4, -0.2) is 36.6 Å². The second-order valence-electron chi connectivity index (χ2n) is 9.20. The number of hydrogen-bond acceptors (Lipinski definition) is 7. The van der Waals surface area contributed by atoms with Crippen molar-refractivity contribution in [1.82, 2.24) is 0 Å². The second-order valence-corrected chi connectivity index (χ2v) is 9.20. The molecular formula is C26H50N2O5. The molecule has 194 valence electrons. The molecule has 0 spiro atoms. The third-order valence-corrected chi connectivity index (χ3v) is 5.79. The molecule has 0 unspecified atom stereocenters. The molecule has 0 aromatic heterocycles. The van der Waals surface area contributed by atoms with Crippen LogP contribution in [0.2, 0.25) is 0 Å². The molecule has 4 N–H and O–H groups in total. The van der Waals surface area contributed by atoms with Crippen molar-refractivity contribution in [2.75, 3.05) is 6.61 Å². The Labute approximate surface area is 201 Å². The largest absolute Gasteiger partial charge is 0.465 e. The Morgan fingerprint density at radius 1 is 0.667 bits per heavy atom. The van der Waals surface area contributed by atoms with Crippen LogP contribution in [-0.2, 0) is 23.9 Å². The van der Waals surface area contributed by atoms with Gasteiger partial charge in [-0.1, -0.05) is 103 Å². The fourth-order valence-electron chi connectivity index (χ4n) is 3.58. The molecule has 0 saturated heterocycles. The zero-order chi connectivity index (χ0) is 24.7. The number of nitrogens with two attached hydrogens (primary N) is 2. The van der Waals surface area contributed by atoms with Crippen LogP contribution in [0.3, 0.4) is 0 Å². The summed E-state index contributed by atoms with van der Waals surface area (Å²) < 4.78 is 9.70. The van der Waals surface area contributed by atoms with E-state index >= 15 is 0 Å². The van der Waals surface area contributed by atoms with Gasteiger partial charge in [-0.3, -0.25) is 9.59 Å². The predicted molar refractivity (Wildman–Crippen MR) is 132 cm³/mol. The minimum Gasteiger partial charge on any atom is -0.465 e. The Morgan fingerprint density at radius 2 is 1.09 bits per heavy atom. The maximum atomic E-state index is 11.9. The SMILES string of the molecule is CCCCCCCCCCCCCCCCCCOC(=O)[C@H](N)CCC(=O)OC(=O)[C@H](C)N. The summed E-state index contributed by atoms with van der Waals surface area (Å²) in [5.74, 6) is -2.06. The normalized spacial score (nSPS) is 12.8. The van der Waals surface area contributed by atoms with E-state index in [1.165, 1.54) is 90.4 Å². The van der Waals surface area contributed by atoms with E-state index in [0.29, 0.717) is 6.61 Å². The summed E-state index contributed by atoms with van der Waals surface area (Å²) >= 11 is 0. The molecule has 33 heavy (non-hydrogen) atoms. The molecule has 7 heteroatoms. The van der Waals surface area contributed by atoms with Gasteiger partial charge in [0.2, 0.25) is 0 Å². The number of rotatable bonds is 22. The summed E-state index contributed by atoms with van der Waals surface area (Å²) in [6.45, 7) is 4.04. The molecule has 0 bridgehead atoms. The third-order valence-electron chi connectivity index (χ3n) is 5.79. The number of carbonyl (C=O) groups is 3. The first kappa shape index (κ1) is 31.5. The molecule has 7 nitrogen and oxygen atoms in total. The number of unbranched alkanes of at least 4 members (excludes halogenated alkanes) is 15. The summed E-state index contributed by atoms with van der Waals surface area (Å²) in [5.41, 5.74) is 11.1. The molecule has 2 atom stereocenters. The molecule has 0 aliphatic heterocycles. The first-order valence-electron chi connectivity index (χ1n) is 13.3. The fourth-order valence-corrected chi connectivity index (χ4v) is 3.58. The van der Waals surface area contributed by atoms with Crippen LogP contribution in [0.4, 0.5) is 0 Å². The van der Waals surface area contributed by atoms with Gasteiger partial charge < -0.3 is 20.9 Å². The van der Waals surface area contributed by atoms with Crippen molar-refractivity contribution in [2.24, 2.45) is 11.5 Å². The summed E-state index contributed by atoms with van der Waals surface area (Å²) in [4.78, 5) is 34.6. The van der Waals surface area contributed by atoms with E-state index in [2.05, 4.69) is 11.7 Å². The molecule has 0 rings (SSSR count). The minimum atomic E-state index is -0.899. The highest BCUT2D eigenvalue weighted by Crippen LogP contribution is 2.13. The Hall–Kier alpha value is -1.47. The van der Waals surface area contributed by atoms with Crippen molar-refractivity contribution >= 4 is 17.9 Å². The summed E-state index contributed by atoms with van der Waals surface area (Å²) in [7, 11) is 0. The van der Waals surface area contributed by atoms with E-state index in [4.69, 9.17) is 16.2 Å². The average molecular weight is 471 g/mol. The van der Waals surface area contributed by atoms with E-state index in [0.717, 1.165) is 19.3 Å². The first-order chi connectivity index (χ1) is 15.9. The molecule has 0 fully saturated rings. The predicted octanol–water partition coefficient (Wildman–Crippen LogP) is 5.32. The lowest BCUT2D eigenvalue weighted by Gasteiger charge is -2.11. The Kier molecular flexibility index (Phi) is 21.3. The van der Waals surface area contributed by atoms with Gasteiger partial charge >= 0.3 is 17.9 Å². The molecule has 0 aliphatic rings. The van der Waals surface area contributed by atoms with Crippen molar-refractivity contribution < 1.29 is 23.9 Å². The summed E-state index contributed by atoms with van der Waals surface area (Å²) in [5, 5.41) is 0. The zero-order valence-corrected chi connectivity index (χ0v) is 21.3. The van der Waals surface area contributed by atoms with Gasteiger partial charge in [0, 0.05) is 6.42 Å². The van der Waals surface area contributed by atoms with Crippen LogP contribution >= 0.6 is 0 Å².